The van der Waals surface area contributed by atoms with E-state index in [0.29, 0.717) is 0 Å². The van der Waals surface area contributed by atoms with Gasteiger partial charge in [0, 0.05) is 6.92 Å². The van der Waals surface area contributed by atoms with Gasteiger partial charge in [-0.1, -0.05) is 11.8 Å². The van der Waals surface area contributed by atoms with Crippen LogP contribution >= 0.6 is 0 Å². The predicted octanol–water partition coefficient (Wildman–Crippen LogP) is 0.336. The van der Waals surface area contributed by atoms with E-state index in [-0.39, 0.29) is 13.2 Å². The molecule has 0 amide bonds. The van der Waals surface area contributed by atoms with Gasteiger partial charge in [-0.2, -0.15) is 0 Å². The van der Waals surface area contributed by atoms with Gasteiger partial charge in [0.05, 0.1) is 7.11 Å². The van der Waals surface area contributed by atoms with Crippen LogP contribution in [0, 0.1) is 11.8 Å². The summed E-state index contributed by atoms with van der Waals surface area (Å²) in [5, 5.41) is 0. The summed E-state index contributed by atoms with van der Waals surface area (Å²) < 4.78 is 13.1. The maximum Gasteiger partial charge on any atom is 0.508 e. The molecule has 0 unspecified atom stereocenters. The van der Waals surface area contributed by atoms with E-state index in [0.717, 1.165) is 0 Å². The molecule has 0 radical (unpaired) electrons. The summed E-state index contributed by atoms with van der Waals surface area (Å²) in [6.07, 6.45) is -0.790. The van der Waals surface area contributed by atoms with E-state index < -0.39 is 12.1 Å². The number of ether oxygens (including phenoxy) is 3. The SMILES string of the molecule is COC(=O)OCC#CCOC(C)=O. The average molecular weight is 186 g/mol. The quantitative estimate of drug-likeness (QED) is 0.459. The molecule has 5 nitrogen and oxygen atoms in total. The Hall–Kier alpha value is -1.70. The van der Waals surface area contributed by atoms with E-state index in [1.54, 1.807) is 0 Å². The highest BCUT2D eigenvalue weighted by atomic mass is 16.7. The van der Waals surface area contributed by atoms with Crippen LogP contribution in [0.2, 0.25) is 0 Å². The Morgan fingerprint density at radius 3 is 2.15 bits per heavy atom. The van der Waals surface area contributed by atoms with Crippen LogP contribution in [0.3, 0.4) is 0 Å². The van der Waals surface area contributed by atoms with Crippen molar-refractivity contribution in [3.8, 4) is 11.8 Å². The molecule has 0 spiro atoms. The summed E-state index contributed by atoms with van der Waals surface area (Å²) >= 11 is 0. The van der Waals surface area contributed by atoms with Crippen molar-refractivity contribution in [2.45, 2.75) is 6.92 Å². The van der Waals surface area contributed by atoms with E-state index in [4.69, 9.17) is 0 Å². The van der Waals surface area contributed by atoms with Crippen LogP contribution in [0.25, 0.3) is 0 Å². The molecule has 0 rings (SSSR count). The third-order valence-electron chi connectivity index (χ3n) is 0.901. The minimum Gasteiger partial charge on any atom is -0.453 e. The van der Waals surface area contributed by atoms with Crippen molar-refractivity contribution in [1.29, 1.82) is 0 Å². The van der Waals surface area contributed by atoms with Gasteiger partial charge in [-0.25, -0.2) is 4.79 Å². The Balaban J connectivity index is 3.40. The van der Waals surface area contributed by atoms with E-state index in [9.17, 15) is 9.59 Å². The van der Waals surface area contributed by atoms with Crippen molar-refractivity contribution in [2.24, 2.45) is 0 Å². The number of carbonyl (C=O) groups excluding carboxylic acids is 2. The minimum atomic E-state index is -0.790. The second-order valence-corrected chi connectivity index (χ2v) is 1.88. The molecule has 0 atom stereocenters. The lowest BCUT2D eigenvalue weighted by Crippen LogP contribution is -2.04. The van der Waals surface area contributed by atoms with Crippen LogP contribution in [0.1, 0.15) is 6.92 Å². The molecule has 0 aromatic rings. The van der Waals surface area contributed by atoms with Crippen LogP contribution in [-0.4, -0.2) is 32.4 Å². The molecule has 0 aromatic carbocycles. The monoisotopic (exact) mass is 186 g/mol. The van der Waals surface area contributed by atoms with Crippen molar-refractivity contribution in [3.05, 3.63) is 0 Å². The van der Waals surface area contributed by atoms with Crippen molar-refractivity contribution >= 4 is 12.1 Å². The molecule has 72 valence electrons. The highest BCUT2D eigenvalue weighted by Crippen LogP contribution is 1.79. The van der Waals surface area contributed by atoms with Crippen molar-refractivity contribution < 1.29 is 23.8 Å². The third kappa shape index (κ3) is 8.20. The fourth-order valence-electron chi connectivity index (χ4n) is 0.394. The molecule has 0 N–H and O–H groups in total. The van der Waals surface area contributed by atoms with Gasteiger partial charge in [0.25, 0.3) is 0 Å². The maximum absolute atomic E-state index is 10.4. The van der Waals surface area contributed by atoms with E-state index in [1.165, 1.54) is 14.0 Å². The summed E-state index contributed by atoms with van der Waals surface area (Å²) in [5.41, 5.74) is 0. The zero-order valence-electron chi connectivity index (χ0n) is 7.46. The Kier molecular flexibility index (Phi) is 6.06. The Morgan fingerprint density at radius 2 is 1.69 bits per heavy atom. The summed E-state index contributed by atoms with van der Waals surface area (Å²) in [6.45, 7) is 1.21. The average Bonchev–Trinajstić information content (AvgIpc) is 2.10. The molecule has 13 heavy (non-hydrogen) atoms. The molecular weight excluding hydrogens is 176 g/mol. The number of hydrogen-bond donors (Lipinski definition) is 0. The van der Waals surface area contributed by atoms with Gasteiger partial charge in [0.1, 0.15) is 0 Å². The van der Waals surface area contributed by atoms with Gasteiger partial charge in [0.15, 0.2) is 13.2 Å². The number of carbonyl (C=O) groups is 2. The number of rotatable bonds is 2. The van der Waals surface area contributed by atoms with E-state index >= 15 is 0 Å². The lowest BCUT2D eigenvalue weighted by molar-refractivity contribution is -0.139. The van der Waals surface area contributed by atoms with Gasteiger partial charge in [-0.3, -0.25) is 4.79 Å². The zero-order valence-corrected chi connectivity index (χ0v) is 7.46. The first kappa shape index (κ1) is 11.3. The largest absolute Gasteiger partial charge is 0.508 e. The first-order valence-corrected chi connectivity index (χ1v) is 3.46. The first-order chi connectivity index (χ1) is 6.16. The molecule has 0 aliphatic rings. The van der Waals surface area contributed by atoms with Gasteiger partial charge in [0.2, 0.25) is 0 Å². The van der Waals surface area contributed by atoms with Crippen molar-refractivity contribution in [2.75, 3.05) is 20.3 Å². The van der Waals surface area contributed by atoms with Crippen LogP contribution in [0.4, 0.5) is 4.79 Å². The molecular formula is C8H10O5. The van der Waals surface area contributed by atoms with Crippen LogP contribution < -0.4 is 0 Å². The Labute approximate surface area is 76.0 Å². The molecule has 5 heteroatoms. The zero-order chi connectivity index (χ0) is 10.1. The molecule has 0 saturated carbocycles. The smallest absolute Gasteiger partial charge is 0.453 e. The lowest BCUT2D eigenvalue weighted by Gasteiger charge is -1.95. The molecule has 0 aliphatic heterocycles. The fourth-order valence-corrected chi connectivity index (χ4v) is 0.394. The van der Waals surface area contributed by atoms with Crippen LogP contribution in [0.15, 0.2) is 0 Å². The normalized spacial score (nSPS) is 7.85. The Morgan fingerprint density at radius 1 is 1.15 bits per heavy atom. The van der Waals surface area contributed by atoms with Crippen molar-refractivity contribution in [1.82, 2.24) is 0 Å². The van der Waals surface area contributed by atoms with Gasteiger partial charge in [-0.05, 0) is 0 Å². The van der Waals surface area contributed by atoms with Gasteiger partial charge in [-0.15, -0.1) is 0 Å². The van der Waals surface area contributed by atoms with Crippen molar-refractivity contribution in [3.63, 3.8) is 0 Å². The lowest BCUT2D eigenvalue weighted by atomic mass is 10.6. The highest BCUT2D eigenvalue weighted by Gasteiger charge is 1.95. The number of methoxy groups -OCH3 is 1. The molecule has 0 aliphatic carbocycles. The highest BCUT2D eigenvalue weighted by molar-refractivity contribution is 5.66. The minimum absolute atomic E-state index is 0.000133. The van der Waals surface area contributed by atoms with E-state index in [2.05, 4.69) is 26.1 Å². The Bertz CT molecular complexity index is 235. The summed E-state index contributed by atoms with van der Waals surface area (Å²) in [7, 11) is 1.20. The molecule has 0 fully saturated rings. The molecule has 0 heterocycles. The second-order valence-electron chi connectivity index (χ2n) is 1.88. The van der Waals surface area contributed by atoms with Crippen LogP contribution in [0.5, 0.6) is 0 Å². The summed E-state index contributed by atoms with van der Waals surface area (Å²) in [4.78, 5) is 20.6. The van der Waals surface area contributed by atoms with Gasteiger partial charge < -0.3 is 14.2 Å². The standard InChI is InChI=1S/C8H10O5/c1-7(9)12-5-3-4-6-13-8(10)11-2/h5-6H2,1-2H3. The number of hydrogen-bond acceptors (Lipinski definition) is 5. The number of esters is 1. The van der Waals surface area contributed by atoms with Gasteiger partial charge >= 0.3 is 12.1 Å². The third-order valence-corrected chi connectivity index (χ3v) is 0.901. The molecule has 0 aromatic heterocycles. The molecule has 0 bridgehead atoms. The second kappa shape index (κ2) is 6.98. The predicted molar refractivity (Wildman–Crippen MR) is 42.8 cm³/mol. The summed E-state index contributed by atoms with van der Waals surface area (Å²) in [5.74, 6) is 4.53. The molecule has 0 saturated heterocycles. The summed E-state index contributed by atoms with van der Waals surface area (Å²) in [6, 6.07) is 0. The fraction of sp³-hybridized carbons (Fsp3) is 0.500. The van der Waals surface area contributed by atoms with Crippen LogP contribution in [-0.2, 0) is 19.0 Å². The topological polar surface area (TPSA) is 61.8 Å². The first-order valence-electron chi connectivity index (χ1n) is 3.46. The maximum atomic E-state index is 10.4. The van der Waals surface area contributed by atoms with E-state index in [1.807, 2.05) is 0 Å².